The Bertz CT molecular complexity index is 5080. The van der Waals surface area contributed by atoms with E-state index in [4.69, 9.17) is 59.7 Å². The van der Waals surface area contributed by atoms with Crippen LogP contribution in [0.4, 0.5) is 48.9 Å². The van der Waals surface area contributed by atoms with Crippen LogP contribution in [0.3, 0.4) is 0 Å². The minimum atomic E-state index is -0.471. The number of halogens is 3. The summed E-state index contributed by atoms with van der Waals surface area (Å²) in [6.07, 6.45) is 10.3. The van der Waals surface area contributed by atoms with Crippen molar-refractivity contribution in [3.8, 4) is 0 Å². The van der Waals surface area contributed by atoms with Crippen molar-refractivity contribution < 1.29 is 33.4 Å². The highest BCUT2D eigenvalue weighted by atomic mass is 35.5. The van der Waals surface area contributed by atoms with Gasteiger partial charge in [0.05, 0.1) is 0 Å². The Morgan fingerprint density at radius 3 is 1.19 bits per heavy atom. The first-order valence-corrected chi connectivity index (χ1v) is 42.4. The van der Waals surface area contributed by atoms with Crippen molar-refractivity contribution in [1.29, 1.82) is 0 Å². The second kappa shape index (κ2) is 36.0. The molecule has 3 aliphatic heterocycles. The van der Waals surface area contributed by atoms with Crippen LogP contribution in [0.25, 0.3) is 32.3 Å². The van der Waals surface area contributed by atoms with Gasteiger partial charge in [0.15, 0.2) is 0 Å². The quantitative estimate of drug-likeness (QED) is 0.0500. The number of nitrogen functional groups attached to an aromatic ring is 1. The number of anilines is 6. The average Bonchev–Trinajstić information content (AvgIpc) is 1.76. The van der Waals surface area contributed by atoms with Gasteiger partial charge in [-0.15, -0.1) is 0 Å². The van der Waals surface area contributed by atoms with E-state index in [9.17, 15) is 19.2 Å². The number of pyridine rings is 6. The van der Waals surface area contributed by atoms with Crippen molar-refractivity contribution in [3.05, 3.63) is 174 Å². The molecule has 3 saturated heterocycles. The summed E-state index contributed by atoms with van der Waals surface area (Å²) in [5.74, 6) is 5.46. The van der Waals surface area contributed by atoms with Crippen LogP contribution in [0, 0.1) is 97.8 Å². The molecule has 3 aliphatic carbocycles. The standard InChI is InChI=1S/C32H42ClN5O2.C30H38ClN5O2.C18H19ClN4.C12H19NO3/c1-8-38(25-12-22-17-37(18-23(22)13-25)31(39)40-32(5,6)7)29-15-24(33)14-27-26(29)9-10-34-30(27)35-16-28-19(2)11-20(3)36-21(28)4;1-17-9-18(2)34-19(3)26(17)14-33-28-25-12-22(31)13-27(24(25)7-8-32-28)35-23-10-20-15-36(16-21(20)11-23)29(37)38-30(4,5)6;1-10-6-11(2)23-12(3)16(10)9-22-18-15-7-13(19)8-17(20)14(15)4-5-21-18;1-12(2,3)16-11(15)13-6-8-4-10(14)5-9(8)7-13/h9-11,14-15,22-23,25H,8,12-13,16-18H2,1-7H3,(H,34,35);7-9,12-13,20-21,23,35H,10-11,14-16H2,1-6H3,(H,32,33);4-8H,9,20H2,1-3H3,(H,21,22);8-9H,4-7H2,1-3H3. The molecule has 624 valence electrons. The van der Waals surface area contributed by atoms with Crippen LogP contribution in [0.2, 0.25) is 15.1 Å². The van der Waals surface area contributed by atoms with Crippen molar-refractivity contribution >= 4 is 126 Å². The van der Waals surface area contributed by atoms with E-state index in [1.165, 1.54) is 33.4 Å². The fourth-order valence-corrected chi connectivity index (χ4v) is 18.9. The van der Waals surface area contributed by atoms with Crippen molar-refractivity contribution in [2.75, 3.05) is 77.7 Å². The molecule has 6 aromatic heterocycles. The molecule has 6 N–H and O–H groups in total. The van der Waals surface area contributed by atoms with E-state index in [0.717, 1.165) is 154 Å². The van der Waals surface area contributed by atoms with Crippen molar-refractivity contribution in [2.45, 2.75) is 219 Å². The van der Waals surface area contributed by atoms with Crippen LogP contribution in [-0.2, 0) is 38.6 Å². The van der Waals surface area contributed by atoms with Crippen LogP contribution in [0.5, 0.6) is 0 Å². The molecule has 9 aromatic rings. The zero-order valence-corrected chi connectivity index (χ0v) is 73.9. The first-order valence-electron chi connectivity index (χ1n) is 41.2. The molecule has 6 unspecified atom stereocenters. The summed E-state index contributed by atoms with van der Waals surface area (Å²) >= 11 is 19.5. The number of nitrogens with zero attached hydrogens (tertiary/aromatic N) is 10. The van der Waals surface area contributed by atoms with E-state index >= 15 is 0 Å². The highest BCUT2D eigenvalue weighted by Gasteiger charge is 2.47. The molecule has 3 aromatic carbocycles. The van der Waals surface area contributed by atoms with E-state index in [1.54, 1.807) is 17.2 Å². The van der Waals surface area contributed by atoms with Crippen LogP contribution in [0.15, 0.2) is 91.4 Å². The second-order valence-corrected chi connectivity index (χ2v) is 37.3. The fraction of sp³-hybridized carbons (Fsp3) is 0.500. The molecule has 117 heavy (non-hydrogen) atoms. The Labute approximate surface area is 705 Å². The van der Waals surface area contributed by atoms with Gasteiger partial charge in [0.2, 0.25) is 0 Å². The van der Waals surface area contributed by atoms with Gasteiger partial charge in [0, 0.05) is 208 Å². The third-order valence-electron chi connectivity index (χ3n) is 23.3. The number of ketones is 1. The topological polar surface area (TPSA) is 260 Å². The average molecular weight is 1650 g/mol. The Balaban J connectivity index is 0.000000151. The number of hydrogen-bond donors (Lipinski definition) is 5. The first-order chi connectivity index (χ1) is 55.2. The molecule has 0 spiro atoms. The molecule has 25 heteroatoms. The largest absolute Gasteiger partial charge is 0.444 e. The number of rotatable bonds is 14. The van der Waals surface area contributed by atoms with E-state index in [-0.39, 0.29) is 18.3 Å². The normalized spacial score (nSPS) is 20.1. The number of carbonyl (C=O) groups is 4. The van der Waals surface area contributed by atoms with Gasteiger partial charge in [0.1, 0.15) is 40.0 Å². The molecule has 3 amide bonds. The van der Waals surface area contributed by atoms with Gasteiger partial charge in [-0.05, 0) is 299 Å². The van der Waals surface area contributed by atoms with Crippen molar-refractivity contribution in [1.82, 2.24) is 44.6 Å². The molecule has 15 rings (SSSR count). The number of ether oxygens (including phenoxy) is 3. The van der Waals surface area contributed by atoms with Gasteiger partial charge in [-0.1, -0.05) is 34.8 Å². The van der Waals surface area contributed by atoms with Crippen LogP contribution < -0.4 is 31.9 Å². The maximum absolute atomic E-state index is 12.7. The Hall–Kier alpha value is -9.51. The molecule has 6 aliphatic rings. The summed E-state index contributed by atoms with van der Waals surface area (Å²) < 4.78 is 16.5. The Morgan fingerprint density at radius 2 is 0.803 bits per heavy atom. The van der Waals surface area contributed by atoms with Crippen LogP contribution in [0.1, 0.15) is 175 Å². The van der Waals surface area contributed by atoms with Crippen LogP contribution >= 0.6 is 34.8 Å². The highest BCUT2D eigenvalue weighted by Crippen LogP contribution is 2.46. The number of amides is 3. The smallest absolute Gasteiger partial charge is 0.410 e. The summed E-state index contributed by atoms with van der Waals surface area (Å²) in [4.78, 5) is 83.8. The van der Waals surface area contributed by atoms with E-state index in [2.05, 4.69) is 123 Å². The third-order valence-corrected chi connectivity index (χ3v) is 24.0. The van der Waals surface area contributed by atoms with Gasteiger partial charge < -0.3 is 60.8 Å². The molecule has 22 nitrogen and oxygen atoms in total. The SMILES string of the molecule is CC(C)(C)OC(=O)N1CC2CC(=O)CC2C1.CCN(c1cc(Cl)cc2c(NCc3c(C)cc(C)nc3C)nccc12)C1CC2CN(C(=O)OC(C)(C)C)CC2C1.Cc1cc(C)c(CNc2nccc3c(N)cc(Cl)cc23)c(C)n1.Cc1cc(C)c(CNc2nccc3c(NC4CC5CN(C(=O)OC(C)(C)C)CC5C4)cc(Cl)cc23)c(C)n1. The lowest BCUT2D eigenvalue weighted by molar-refractivity contribution is -0.118. The third kappa shape index (κ3) is 21.5. The number of aromatic nitrogens is 6. The Kier molecular flexibility index (Phi) is 26.7. The molecule has 9 heterocycles. The molecular formula is C92H118Cl3N15O7. The molecule has 0 radical (unpaired) electrons. The summed E-state index contributed by atoms with van der Waals surface area (Å²) in [5, 5.41) is 22.4. The molecule has 6 atom stereocenters. The number of benzene rings is 3. The van der Waals surface area contributed by atoms with Gasteiger partial charge in [-0.25, -0.2) is 29.3 Å². The molecular weight excluding hydrogens is 1530 g/mol. The van der Waals surface area contributed by atoms with Crippen molar-refractivity contribution in [3.63, 3.8) is 0 Å². The fourth-order valence-electron chi connectivity index (χ4n) is 18.3. The summed E-state index contributed by atoms with van der Waals surface area (Å²) in [7, 11) is 0. The zero-order valence-electron chi connectivity index (χ0n) is 71.6. The lowest BCUT2D eigenvalue weighted by Crippen LogP contribution is -2.38. The number of nitrogens with two attached hydrogens (primary N) is 1. The van der Waals surface area contributed by atoms with E-state index in [1.807, 2.05) is 149 Å². The van der Waals surface area contributed by atoms with Crippen molar-refractivity contribution in [2.24, 2.45) is 35.5 Å². The lowest BCUT2D eigenvalue weighted by Gasteiger charge is -2.33. The number of nitrogens with one attached hydrogen (secondary N) is 4. The van der Waals surface area contributed by atoms with Gasteiger partial charge in [-0.2, -0.15) is 0 Å². The summed E-state index contributed by atoms with van der Waals surface area (Å²) in [6.45, 7) is 45.1. The lowest BCUT2D eigenvalue weighted by atomic mass is 10.0. The number of likely N-dealkylation sites (tertiary alicyclic amines) is 3. The van der Waals surface area contributed by atoms with Gasteiger partial charge >= 0.3 is 18.3 Å². The van der Waals surface area contributed by atoms with E-state index in [0.29, 0.717) is 120 Å². The molecule has 6 fully saturated rings. The minimum Gasteiger partial charge on any atom is -0.444 e. The summed E-state index contributed by atoms with van der Waals surface area (Å²) in [6, 6.07) is 24.8. The number of aryl methyl sites for hydroxylation is 9. The maximum atomic E-state index is 12.7. The number of carbonyl (C=O) groups excluding carboxylic acids is 4. The highest BCUT2D eigenvalue weighted by molar-refractivity contribution is 6.33. The zero-order chi connectivity index (χ0) is 84.4. The predicted octanol–water partition coefficient (Wildman–Crippen LogP) is 20.4. The number of hydrogen-bond acceptors (Lipinski definition) is 19. The molecule has 0 bridgehead atoms. The van der Waals surface area contributed by atoms with Gasteiger partial charge in [-0.3, -0.25) is 19.7 Å². The molecule has 3 saturated carbocycles. The Morgan fingerprint density at radius 1 is 0.462 bits per heavy atom. The summed E-state index contributed by atoms with van der Waals surface area (Å²) in [5.41, 5.74) is 20.9. The van der Waals surface area contributed by atoms with Crippen LogP contribution in [-0.4, -0.2) is 143 Å². The maximum Gasteiger partial charge on any atom is 0.410 e. The monoisotopic (exact) mass is 1650 g/mol. The predicted molar refractivity (Wildman–Crippen MR) is 473 cm³/mol. The van der Waals surface area contributed by atoms with Gasteiger partial charge in [0.25, 0.3) is 0 Å². The minimum absolute atomic E-state index is 0.189. The van der Waals surface area contributed by atoms with E-state index < -0.39 is 16.8 Å². The first kappa shape index (κ1) is 86.8. The number of Topliss-reactive ketones (excluding diaryl/α,β-unsaturated/α-hetero) is 1. The number of fused-ring (bicyclic) bond motifs is 6. The second-order valence-electron chi connectivity index (χ2n) is 36.0.